The predicted octanol–water partition coefficient (Wildman–Crippen LogP) is 4.81. The van der Waals surface area contributed by atoms with E-state index in [1.165, 1.54) is 6.92 Å². The van der Waals surface area contributed by atoms with Crippen molar-refractivity contribution in [3.05, 3.63) is 29.3 Å². The molecule has 0 aromatic heterocycles. The lowest BCUT2D eigenvalue weighted by Crippen LogP contribution is -2.31. The number of aliphatic carboxylic acids is 1. The number of amides is 1. The normalized spacial score (nSPS) is 15.8. The Labute approximate surface area is 248 Å². The second-order valence-electron chi connectivity index (χ2n) is 11.5. The Morgan fingerprint density at radius 1 is 0.952 bits per heavy atom. The molecule has 3 N–H and O–H groups in total. The van der Waals surface area contributed by atoms with Crippen LogP contribution in [-0.4, -0.2) is 59.6 Å². The molecule has 0 saturated heterocycles. The van der Waals surface area contributed by atoms with E-state index in [4.69, 9.17) is 14.6 Å². The van der Waals surface area contributed by atoms with Crippen molar-refractivity contribution in [3.63, 3.8) is 0 Å². The third kappa shape index (κ3) is 10.9. The molecule has 5 atom stereocenters. The van der Waals surface area contributed by atoms with E-state index >= 15 is 0 Å². The van der Waals surface area contributed by atoms with E-state index in [9.17, 15) is 29.1 Å². The number of hydrogen-bond acceptors (Lipinski definition) is 8. The molecule has 0 aliphatic heterocycles. The fourth-order valence-electron chi connectivity index (χ4n) is 5.05. The van der Waals surface area contributed by atoms with E-state index in [1.807, 2.05) is 13.0 Å². The molecule has 1 aromatic rings. The Morgan fingerprint density at radius 2 is 1.67 bits per heavy atom. The number of carbonyl (C=O) groups is 5. The van der Waals surface area contributed by atoms with Crippen LogP contribution in [0, 0.1) is 29.6 Å². The quantitative estimate of drug-likeness (QED) is 0.182. The van der Waals surface area contributed by atoms with E-state index < -0.39 is 41.6 Å². The zero-order chi connectivity index (χ0) is 31.2. The van der Waals surface area contributed by atoms with E-state index in [0.29, 0.717) is 24.1 Å². The highest BCUT2D eigenvalue weighted by Gasteiger charge is 2.33. The zero-order valence-corrected chi connectivity index (χ0v) is 25.4. The number of carbonyl (C=O) groups excluding carboxylic acids is 4. The molecule has 234 valence electrons. The van der Waals surface area contributed by atoms with Crippen molar-refractivity contribution in [1.82, 2.24) is 0 Å². The highest BCUT2D eigenvalue weighted by atomic mass is 16.5. The minimum Gasteiger partial charge on any atom is -0.481 e. The summed E-state index contributed by atoms with van der Waals surface area (Å²) in [5.74, 6) is -5.25. The number of ketones is 1. The molecule has 2 rings (SSSR count). The van der Waals surface area contributed by atoms with Crippen molar-refractivity contribution >= 4 is 35.3 Å². The van der Waals surface area contributed by atoms with Gasteiger partial charge in [-0.2, -0.15) is 0 Å². The van der Waals surface area contributed by atoms with Crippen LogP contribution in [0.15, 0.2) is 18.2 Å². The molecule has 0 saturated carbocycles. The van der Waals surface area contributed by atoms with Crippen LogP contribution < -0.4 is 5.32 Å². The Kier molecular flexibility index (Phi) is 14.7. The Morgan fingerprint density at radius 3 is 2.29 bits per heavy atom. The van der Waals surface area contributed by atoms with Crippen LogP contribution in [0.2, 0.25) is 0 Å². The first kappa shape index (κ1) is 34.9. The van der Waals surface area contributed by atoms with Crippen LogP contribution >= 0.6 is 0 Å². The molecule has 42 heavy (non-hydrogen) atoms. The first-order chi connectivity index (χ1) is 20.0. The van der Waals surface area contributed by atoms with Crippen molar-refractivity contribution in [2.24, 2.45) is 29.6 Å². The maximum Gasteiger partial charge on any atom is 0.309 e. The lowest BCUT2D eigenvalue weighted by atomic mass is 9.84. The molecule has 1 aliphatic carbocycles. The molecule has 0 fully saturated rings. The van der Waals surface area contributed by atoms with Crippen molar-refractivity contribution in [3.8, 4) is 0 Å². The molecule has 10 nitrogen and oxygen atoms in total. The number of esters is 2. The van der Waals surface area contributed by atoms with Gasteiger partial charge >= 0.3 is 17.9 Å². The Balaban J connectivity index is 2.10. The monoisotopic (exact) mass is 589 g/mol. The molecule has 0 bridgehead atoms. The van der Waals surface area contributed by atoms with E-state index in [2.05, 4.69) is 12.2 Å². The third-order valence-corrected chi connectivity index (χ3v) is 8.06. The minimum atomic E-state index is -1.05. The second kappa shape index (κ2) is 17.6. The Hall–Kier alpha value is -3.27. The van der Waals surface area contributed by atoms with E-state index in [1.54, 1.807) is 19.1 Å². The maximum absolute atomic E-state index is 13.2. The summed E-state index contributed by atoms with van der Waals surface area (Å²) < 4.78 is 10.8. The third-order valence-electron chi connectivity index (χ3n) is 8.06. The van der Waals surface area contributed by atoms with Crippen molar-refractivity contribution in [2.75, 3.05) is 25.1 Å². The van der Waals surface area contributed by atoms with Gasteiger partial charge in [-0.05, 0) is 55.7 Å². The number of ether oxygens (including phenoxy) is 2. The van der Waals surface area contributed by atoms with Crippen molar-refractivity contribution < 1.29 is 43.7 Å². The number of carboxylic acids is 1. The molecule has 10 heteroatoms. The van der Waals surface area contributed by atoms with Gasteiger partial charge in [-0.15, -0.1) is 0 Å². The van der Waals surface area contributed by atoms with Gasteiger partial charge in [0.05, 0.1) is 31.0 Å². The average molecular weight is 590 g/mol. The number of rotatable bonds is 20. The second-order valence-corrected chi connectivity index (χ2v) is 11.5. The van der Waals surface area contributed by atoms with Crippen molar-refractivity contribution in [1.29, 1.82) is 0 Å². The van der Waals surface area contributed by atoms with E-state index in [-0.39, 0.29) is 56.7 Å². The van der Waals surface area contributed by atoms with Crippen LogP contribution in [0.4, 0.5) is 5.69 Å². The molecule has 1 aromatic carbocycles. The number of nitrogens with one attached hydrogen (secondary N) is 1. The molecular formula is C32H47NO9. The number of unbranched alkanes of at least 4 members (excludes halogenated alkanes) is 1. The zero-order valence-electron chi connectivity index (χ0n) is 25.4. The first-order valence-corrected chi connectivity index (χ1v) is 15.1. The molecule has 5 unspecified atom stereocenters. The molecule has 0 radical (unpaired) electrons. The lowest BCUT2D eigenvalue weighted by molar-refractivity contribution is -0.155. The fourth-order valence-corrected chi connectivity index (χ4v) is 5.05. The fraction of sp³-hybridized carbons (Fsp3) is 0.656. The van der Waals surface area contributed by atoms with Gasteiger partial charge in [0.1, 0.15) is 6.61 Å². The SMILES string of the molecule is CCCCC(CC)COC(=O)C(CC(C)C(=O)O)CC(CCC(C)C(=O)Nc1ccc2c(c1)C(=O)C2)C(=O)OCCO. The van der Waals surface area contributed by atoms with E-state index in [0.717, 1.165) is 31.2 Å². The van der Waals surface area contributed by atoms with Gasteiger partial charge in [0.2, 0.25) is 5.91 Å². The van der Waals surface area contributed by atoms with Gasteiger partial charge in [-0.1, -0.05) is 53.0 Å². The van der Waals surface area contributed by atoms with Gasteiger partial charge in [0, 0.05) is 23.6 Å². The molecule has 1 amide bonds. The maximum atomic E-state index is 13.2. The summed E-state index contributed by atoms with van der Waals surface area (Å²) in [5, 5.41) is 21.5. The van der Waals surface area contributed by atoms with Crippen molar-refractivity contribution in [2.45, 2.75) is 85.5 Å². The van der Waals surface area contributed by atoms with Crippen LogP contribution in [-0.2, 0) is 35.1 Å². The topological polar surface area (TPSA) is 156 Å². The average Bonchev–Trinajstić information content (AvgIpc) is 2.97. The number of carboxylic acid groups (broad SMARTS) is 1. The molecule has 0 spiro atoms. The number of Topliss-reactive ketones (excluding diaryl/α,β-unsaturated/α-hetero) is 1. The summed E-state index contributed by atoms with van der Waals surface area (Å²) in [6, 6.07) is 5.22. The smallest absolute Gasteiger partial charge is 0.309 e. The standard InChI is InChI=1S/C32H47NO9/c1-5-7-8-22(6-2)19-42-32(40)25(15-21(4)30(37)38)16-24(31(39)41-14-13-34)10-9-20(3)29(36)33-26-12-11-23-17-28(35)27(23)18-26/h11-12,18,20-22,24-25,34H,5-10,13-17,19H2,1-4H3,(H,33,36)(H,37,38). The highest BCUT2D eigenvalue weighted by Crippen LogP contribution is 2.29. The summed E-state index contributed by atoms with van der Waals surface area (Å²) in [5.41, 5.74) is 2.08. The van der Waals surface area contributed by atoms with Gasteiger partial charge in [0.25, 0.3) is 0 Å². The summed E-state index contributed by atoms with van der Waals surface area (Å²) in [7, 11) is 0. The Bertz CT molecular complexity index is 1090. The lowest BCUT2D eigenvalue weighted by Gasteiger charge is -2.25. The summed E-state index contributed by atoms with van der Waals surface area (Å²) in [6.45, 7) is 7.02. The van der Waals surface area contributed by atoms with Gasteiger partial charge in [0.15, 0.2) is 5.78 Å². The predicted molar refractivity (Wildman–Crippen MR) is 157 cm³/mol. The number of aliphatic hydroxyl groups is 1. The first-order valence-electron chi connectivity index (χ1n) is 15.1. The van der Waals surface area contributed by atoms with Crippen LogP contribution in [0.25, 0.3) is 0 Å². The van der Waals surface area contributed by atoms with Crippen LogP contribution in [0.1, 0.15) is 95.0 Å². The summed E-state index contributed by atoms with van der Waals surface area (Å²) in [6.07, 6.45) is 4.74. The molecule has 0 heterocycles. The van der Waals surface area contributed by atoms with Gasteiger partial charge in [-0.3, -0.25) is 24.0 Å². The van der Waals surface area contributed by atoms with Gasteiger partial charge < -0.3 is 25.0 Å². The van der Waals surface area contributed by atoms with Gasteiger partial charge in [-0.25, -0.2) is 0 Å². The highest BCUT2D eigenvalue weighted by molar-refractivity contribution is 6.07. The number of fused-ring (bicyclic) bond motifs is 1. The number of benzene rings is 1. The number of hydrogen-bond donors (Lipinski definition) is 3. The summed E-state index contributed by atoms with van der Waals surface area (Å²) >= 11 is 0. The molecule has 1 aliphatic rings. The number of anilines is 1. The largest absolute Gasteiger partial charge is 0.481 e. The van der Waals surface area contributed by atoms with Crippen LogP contribution in [0.3, 0.4) is 0 Å². The summed E-state index contributed by atoms with van der Waals surface area (Å²) in [4.78, 5) is 62.4. The minimum absolute atomic E-state index is 0.00319. The van der Waals surface area contributed by atoms with Crippen LogP contribution in [0.5, 0.6) is 0 Å². The number of aliphatic hydroxyl groups excluding tert-OH is 1. The molecular weight excluding hydrogens is 542 g/mol.